The molecule has 2 bridgehead atoms. The summed E-state index contributed by atoms with van der Waals surface area (Å²) in [5.41, 5.74) is 5.28. The Morgan fingerprint density at radius 3 is 2.26 bits per heavy atom. The Labute approximate surface area is 109 Å². The molecule has 104 valence electrons. The van der Waals surface area contributed by atoms with Gasteiger partial charge >= 0.3 is 6.18 Å². The smallest absolute Gasteiger partial charge is 0.351 e. The minimum absolute atomic E-state index is 0.211. The maximum Gasteiger partial charge on any atom is 0.417 e. The number of halogens is 3. The molecule has 0 saturated carbocycles. The van der Waals surface area contributed by atoms with Crippen molar-refractivity contribution in [3.8, 4) is 0 Å². The third kappa shape index (κ3) is 2.29. The Balaban J connectivity index is 1.84. The van der Waals surface area contributed by atoms with Crippen molar-refractivity contribution >= 4 is 5.82 Å². The van der Waals surface area contributed by atoms with Gasteiger partial charge in [-0.05, 0) is 37.8 Å². The van der Waals surface area contributed by atoms with Gasteiger partial charge in [-0.1, -0.05) is 0 Å². The van der Waals surface area contributed by atoms with Crippen molar-refractivity contribution in [1.29, 1.82) is 0 Å². The molecule has 1 unspecified atom stereocenters. The molecule has 1 aromatic rings. The summed E-state index contributed by atoms with van der Waals surface area (Å²) in [6.45, 7) is 0. The molecule has 3 rings (SSSR count). The van der Waals surface area contributed by atoms with Gasteiger partial charge in [0.2, 0.25) is 0 Å². The van der Waals surface area contributed by atoms with Crippen LogP contribution in [-0.4, -0.2) is 23.1 Å². The van der Waals surface area contributed by atoms with Gasteiger partial charge in [-0.15, -0.1) is 0 Å². The number of hydrogen-bond donors (Lipinski definition) is 1. The number of nitrogens with zero attached hydrogens (tertiary/aromatic N) is 2. The second-order valence-corrected chi connectivity index (χ2v) is 5.43. The predicted molar refractivity (Wildman–Crippen MR) is 65.7 cm³/mol. The lowest BCUT2D eigenvalue weighted by molar-refractivity contribution is -0.137. The topological polar surface area (TPSA) is 42.1 Å². The van der Waals surface area contributed by atoms with Crippen molar-refractivity contribution in [1.82, 2.24) is 4.98 Å². The van der Waals surface area contributed by atoms with Gasteiger partial charge in [-0.25, -0.2) is 4.98 Å². The molecule has 0 radical (unpaired) electrons. The van der Waals surface area contributed by atoms with Crippen molar-refractivity contribution in [2.75, 3.05) is 4.90 Å². The Hall–Kier alpha value is -1.30. The second-order valence-electron chi connectivity index (χ2n) is 5.43. The SMILES string of the molecule is NC1C[C@H]2CC[C@@H](C1)N2c1ccc(C(F)(F)F)cn1. The van der Waals surface area contributed by atoms with Crippen LogP contribution in [0.4, 0.5) is 19.0 Å². The Morgan fingerprint density at radius 1 is 1.16 bits per heavy atom. The second kappa shape index (κ2) is 4.37. The van der Waals surface area contributed by atoms with Crippen LogP contribution in [0.1, 0.15) is 31.2 Å². The Morgan fingerprint density at radius 2 is 1.79 bits per heavy atom. The molecule has 3 atom stereocenters. The molecule has 1 aromatic heterocycles. The van der Waals surface area contributed by atoms with Crippen LogP contribution in [0.3, 0.4) is 0 Å². The van der Waals surface area contributed by atoms with Gasteiger partial charge in [0.25, 0.3) is 0 Å². The predicted octanol–water partition coefficient (Wildman–Crippen LogP) is 2.56. The van der Waals surface area contributed by atoms with Crippen LogP contribution in [0, 0.1) is 0 Å². The first kappa shape index (κ1) is 12.7. The van der Waals surface area contributed by atoms with E-state index in [2.05, 4.69) is 9.88 Å². The molecule has 3 nitrogen and oxygen atoms in total. The van der Waals surface area contributed by atoms with Crippen LogP contribution < -0.4 is 10.6 Å². The molecule has 6 heteroatoms. The summed E-state index contributed by atoms with van der Waals surface area (Å²) in [7, 11) is 0. The van der Waals surface area contributed by atoms with Crippen LogP contribution in [-0.2, 0) is 6.18 Å². The highest BCUT2D eigenvalue weighted by molar-refractivity contribution is 5.45. The number of alkyl halides is 3. The van der Waals surface area contributed by atoms with Crippen LogP contribution in [0.2, 0.25) is 0 Å². The van der Waals surface area contributed by atoms with E-state index in [9.17, 15) is 13.2 Å². The molecule has 0 aliphatic carbocycles. The van der Waals surface area contributed by atoms with E-state index in [0.29, 0.717) is 17.9 Å². The van der Waals surface area contributed by atoms with E-state index in [1.807, 2.05) is 0 Å². The quantitative estimate of drug-likeness (QED) is 0.853. The van der Waals surface area contributed by atoms with Gasteiger partial charge in [0.05, 0.1) is 5.56 Å². The van der Waals surface area contributed by atoms with E-state index in [-0.39, 0.29) is 6.04 Å². The average Bonchev–Trinajstić information content (AvgIpc) is 2.61. The highest BCUT2D eigenvalue weighted by Crippen LogP contribution is 2.38. The molecule has 0 spiro atoms. The first-order valence-electron chi connectivity index (χ1n) is 6.52. The van der Waals surface area contributed by atoms with Crippen molar-refractivity contribution in [2.45, 2.75) is 50.0 Å². The van der Waals surface area contributed by atoms with Crippen LogP contribution >= 0.6 is 0 Å². The average molecular weight is 271 g/mol. The van der Waals surface area contributed by atoms with E-state index < -0.39 is 11.7 Å². The molecule has 2 aliphatic rings. The van der Waals surface area contributed by atoms with Crippen molar-refractivity contribution in [3.63, 3.8) is 0 Å². The van der Waals surface area contributed by atoms with Gasteiger partial charge < -0.3 is 10.6 Å². The minimum Gasteiger partial charge on any atom is -0.351 e. The number of anilines is 1. The molecule has 2 N–H and O–H groups in total. The molecular weight excluding hydrogens is 255 g/mol. The monoisotopic (exact) mass is 271 g/mol. The van der Waals surface area contributed by atoms with Crippen LogP contribution in [0.5, 0.6) is 0 Å². The summed E-state index contributed by atoms with van der Waals surface area (Å²) in [4.78, 5) is 6.16. The molecule has 0 amide bonds. The third-order valence-corrected chi connectivity index (χ3v) is 4.11. The highest BCUT2D eigenvalue weighted by Gasteiger charge is 2.40. The molecule has 2 saturated heterocycles. The summed E-state index contributed by atoms with van der Waals surface area (Å²) in [5.74, 6) is 0.646. The molecule has 0 aromatic carbocycles. The lowest BCUT2D eigenvalue weighted by Gasteiger charge is -2.38. The number of rotatable bonds is 1. The number of piperidine rings is 1. The fourth-order valence-electron chi connectivity index (χ4n) is 3.30. The zero-order valence-corrected chi connectivity index (χ0v) is 10.4. The lowest BCUT2D eigenvalue weighted by Crippen LogP contribution is -2.47. The Bertz CT molecular complexity index is 443. The standard InChI is InChI=1S/C13H16F3N3/c14-13(15,16)8-1-4-12(18-7-8)19-10-2-3-11(19)6-9(17)5-10/h1,4,7,9-11H,2-3,5-6,17H2/t9?,10-,11+. The third-order valence-electron chi connectivity index (χ3n) is 4.11. The summed E-state index contributed by atoms with van der Waals surface area (Å²) >= 11 is 0. The Kier molecular flexibility index (Phi) is 2.92. The highest BCUT2D eigenvalue weighted by atomic mass is 19.4. The summed E-state index contributed by atoms with van der Waals surface area (Å²) in [6.07, 6.45) is 0.513. The number of aromatic nitrogens is 1. The van der Waals surface area contributed by atoms with Gasteiger partial charge in [-0.2, -0.15) is 13.2 Å². The van der Waals surface area contributed by atoms with Crippen molar-refractivity contribution < 1.29 is 13.2 Å². The van der Waals surface area contributed by atoms with E-state index in [1.54, 1.807) is 0 Å². The number of nitrogens with two attached hydrogens (primary N) is 1. The molecule has 19 heavy (non-hydrogen) atoms. The first-order valence-corrected chi connectivity index (χ1v) is 6.52. The normalized spacial score (nSPS) is 30.7. The van der Waals surface area contributed by atoms with Gasteiger partial charge in [-0.3, -0.25) is 0 Å². The van der Waals surface area contributed by atoms with Gasteiger partial charge in [0, 0.05) is 24.3 Å². The molecule has 3 heterocycles. The molecule has 2 aliphatic heterocycles. The fraction of sp³-hybridized carbons (Fsp3) is 0.615. The van der Waals surface area contributed by atoms with E-state index in [1.165, 1.54) is 6.07 Å². The molecule has 2 fully saturated rings. The number of pyridine rings is 1. The summed E-state index contributed by atoms with van der Waals surface area (Å²) in [6, 6.07) is 3.46. The zero-order chi connectivity index (χ0) is 13.6. The zero-order valence-electron chi connectivity index (χ0n) is 10.4. The first-order chi connectivity index (χ1) is 8.95. The minimum atomic E-state index is -4.32. The molecular formula is C13H16F3N3. The van der Waals surface area contributed by atoms with Gasteiger partial charge in [0.1, 0.15) is 5.82 Å². The lowest BCUT2D eigenvalue weighted by atomic mass is 9.98. The van der Waals surface area contributed by atoms with E-state index in [4.69, 9.17) is 5.73 Å². The van der Waals surface area contributed by atoms with Crippen LogP contribution in [0.25, 0.3) is 0 Å². The van der Waals surface area contributed by atoms with E-state index >= 15 is 0 Å². The van der Waals surface area contributed by atoms with Gasteiger partial charge in [0.15, 0.2) is 0 Å². The number of fused-ring (bicyclic) bond motifs is 2. The van der Waals surface area contributed by atoms with Crippen LogP contribution in [0.15, 0.2) is 18.3 Å². The van der Waals surface area contributed by atoms with Crippen molar-refractivity contribution in [2.24, 2.45) is 5.73 Å². The van der Waals surface area contributed by atoms with E-state index in [0.717, 1.165) is 37.9 Å². The largest absolute Gasteiger partial charge is 0.417 e. The maximum atomic E-state index is 12.5. The van der Waals surface area contributed by atoms with Crippen molar-refractivity contribution in [3.05, 3.63) is 23.9 Å². The summed E-state index contributed by atoms with van der Waals surface area (Å²) < 4.78 is 37.5. The maximum absolute atomic E-state index is 12.5. The number of hydrogen-bond acceptors (Lipinski definition) is 3. The fourth-order valence-corrected chi connectivity index (χ4v) is 3.30. The summed E-state index contributed by atoms with van der Waals surface area (Å²) in [5, 5.41) is 0.